The first-order valence-corrected chi connectivity index (χ1v) is 5.20. The fourth-order valence-electron chi connectivity index (χ4n) is 0.875. The Morgan fingerprint density at radius 2 is 0.667 bits per heavy atom. The first-order valence-electron chi connectivity index (χ1n) is 5.20. The number of likely N-dealkylation sites (tertiary alicyclic amines) is 1. The van der Waals surface area contributed by atoms with E-state index in [0.29, 0.717) is 0 Å². The molecule has 1 rings (SSSR count). The minimum Gasteiger partial charge on any atom is -0.418 e. The number of rotatable bonds is 0. The summed E-state index contributed by atoms with van der Waals surface area (Å²) in [6.07, 6.45) is 2.83. The Bertz CT molecular complexity index is 184. The Labute approximate surface area is 113 Å². The van der Waals surface area contributed by atoms with Gasteiger partial charge in [0.15, 0.2) is 0 Å². The third-order valence-corrected chi connectivity index (χ3v) is 1.33. The van der Waals surface area contributed by atoms with Crippen molar-refractivity contribution < 1.29 is 51.8 Å². The molecule has 1 nitrogen and oxygen atoms in total. The second-order valence-electron chi connectivity index (χ2n) is 3.49. The van der Waals surface area contributed by atoms with Crippen LogP contribution >= 0.6 is 0 Å². The average molecular weight is 346 g/mol. The molecule has 1 heterocycles. The Kier molecular flexibility index (Phi) is 13.2. The Balaban J connectivity index is -0.000000207. The minimum absolute atomic E-state index is 1.32. The van der Waals surface area contributed by atoms with E-state index in [9.17, 15) is 51.8 Å². The van der Waals surface area contributed by atoms with Crippen LogP contribution in [0.3, 0.4) is 0 Å². The monoisotopic (exact) mass is 346 g/mol. The average Bonchev–Trinajstić information content (AvgIpc) is 2.44. The highest BCUT2D eigenvalue weighted by Crippen LogP contribution is 2.07. The van der Waals surface area contributed by atoms with Crippen LogP contribution in [-0.4, -0.2) is 46.8 Å². The largest absolute Gasteiger partial charge is 0.673 e. The van der Waals surface area contributed by atoms with E-state index in [2.05, 4.69) is 11.9 Å². The van der Waals surface area contributed by atoms with Gasteiger partial charge in [-0.1, -0.05) is 0 Å². The molecule has 0 radical (unpaired) electrons. The van der Waals surface area contributed by atoms with E-state index in [4.69, 9.17) is 0 Å². The summed E-state index contributed by atoms with van der Waals surface area (Å²) < 4.78 is 117. The molecule has 0 atom stereocenters. The van der Waals surface area contributed by atoms with E-state index in [-0.39, 0.29) is 0 Å². The summed E-state index contributed by atoms with van der Waals surface area (Å²) in [5.41, 5.74) is 0. The molecular formula is C5H11B3F12N-3. The Hall–Kier alpha value is -0.685. The maximum atomic E-state index is 9.75. The van der Waals surface area contributed by atoms with E-state index in [1.165, 1.54) is 25.9 Å². The molecule has 1 saturated heterocycles. The summed E-state index contributed by atoms with van der Waals surface area (Å²) in [5, 5.41) is 0. The van der Waals surface area contributed by atoms with Gasteiger partial charge in [0.1, 0.15) is 0 Å². The predicted molar refractivity (Wildman–Crippen MR) is 57.3 cm³/mol. The van der Waals surface area contributed by atoms with Gasteiger partial charge in [0.2, 0.25) is 0 Å². The molecule has 0 unspecified atom stereocenters. The van der Waals surface area contributed by atoms with Crippen LogP contribution in [0.4, 0.5) is 51.8 Å². The van der Waals surface area contributed by atoms with Gasteiger partial charge in [0, 0.05) is 0 Å². The van der Waals surface area contributed by atoms with Crippen LogP contribution in [0.1, 0.15) is 12.8 Å². The molecule has 1 aliphatic rings. The van der Waals surface area contributed by atoms with Crippen molar-refractivity contribution in [3.63, 3.8) is 0 Å². The van der Waals surface area contributed by atoms with Crippen LogP contribution in [0.5, 0.6) is 0 Å². The smallest absolute Gasteiger partial charge is 0.418 e. The van der Waals surface area contributed by atoms with Gasteiger partial charge in [0.25, 0.3) is 0 Å². The normalized spacial score (nSPS) is 15.9. The molecule has 1 fully saturated rings. The second kappa shape index (κ2) is 11.0. The number of nitrogens with zero attached hydrogens (tertiary/aromatic N) is 1. The third kappa shape index (κ3) is 145. The van der Waals surface area contributed by atoms with Crippen molar-refractivity contribution in [3.8, 4) is 0 Å². The second-order valence-corrected chi connectivity index (χ2v) is 3.49. The molecule has 0 bridgehead atoms. The molecule has 21 heavy (non-hydrogen) atoms. The van der Waals surface area contributed by atoms with Gasteiger partial charge in [-0.05, 0) is 33.0 Å². The maximum Gasteiger partial charge on any atom is 0.673 e. The SMILES string of the molecule is CN1CCCC1.F[B-](F)(F)F.F[B-](F)(F)F.F[B-](F)(F)F. The van der Waals surface area contributed by atoms with Crippen molar-refractivity contribution >= 4 is 21.8 Å². The standard InChI is InChI=1S/C5H11N.3BF4/c1-6-4-2-3-5-6;3*2-1(3,4)5/h2-5H2,1H3;;;/q;3*-1. The summed E-state index contributed by atoms with van der Waals surface area (Å²) >= 11 is 0. The highest BCUT2D eigenvalue weighted by molar-refractivity contribution is 6.50. The van der Waals surface area contributed by atoms with Gasteiger partial charge < -0.3 is 56.7 Å². The maximum absolute atomic E-state index is 9.75. The van der Waals surface area contributed by atoms with Crippen LogP contribution in [0.15, 0.2) is 0 Å². The molecule has 0 N–H and O–H groups in total. The van der Waals surface area contributed by atoms with Crippen LogP contribution < -0.4 is 0 Å². The summed E-state index contributed by atoms with van der Waals surface area (Å²) in [6.45, 7) is 2.64. The molecule has 132 valence electrons. The van der Waals surface area contributed by atoms with Crippen molar-refractivity contribution in [2.45, 2.75) is 12.8 Å². The molecule has 0 aromatic carbocycles. The van der Waals surface area contributed by atoms with E-state index < -0.39 is 21.8 Å². The van der Waals surface area contributed by atoms with Gasteiger partial charge in [-0.2, -0.15) is 0 Å². The highest BCUT2D eigenvalue weighted by Gasteiger charge is 2.21. The molecule has 0 aliphatic carbocycles. The van der Waals surface area contributed by atoms with Gasteiger partial charge in [-0.3, -0.25) is 0 Å². The Morgan fingerprint density at radius 1 is 0.524 bits per heavy atom. The fraction of sp³-hybridized carbons (Fsp3) is 1.00. The lowest BCUT2D eigenvalue weighted by molar-refractivity contribution is 0.366. The molecular weight excluding hydrogens is 334 g/mol. The molecule has 0 saturated carbocycles. The lowest BCUT2D eigenvalue weighted by Crippen LogP contribution is -2.10. The van der Waals surface area contributed by atoms with Crippen LogP contribution in [-0.2, 0) is 0 Å². The van der Waals surface area contributed by atoms with Crippen molar-refractivity contribution in [2.75, 3.05) is 20.1 Å². The quantitative estimate of drug-likeness (QED) is 0.458. The van der Waals surface area contributed by atoms with Crippen LogP contribution in [0.25, 0.3) is 0 Å². The van der Waals surface area contributed by atoms with Gasteiger partial charge >= 0.3 is 21.8 Å². The van der Waals surface area contributed by atoms with E-state index in [1.807, 2.05) is 0 Å². The number of hydrogen-bond donors (Lipinski definition) is 0. The topological polar surface area (TPSA) is 3.24 Å². The zero-order chi connectivity index (χ0) is 17.9. The number of halogens is 12. The van der Waals surface area contributed by atoms with Gasteiger partial charge in [0.05, 0.1) is 0 Å². The summed E-state index contributed by atoms with van der Waals surface area (Å²) in [5.74, 6) is 0. The summed E-state index contributed by atoms with van der Waals surface area (Å²) in [7, 11) is -15.8. The Morgan fingerprint density at radius 3 is 0.714 bits per heavy atom. The zero-order valence-electron chi connectivity index (χ0n) is 10.5. The summed E-state index contributed by atoms with van der Waals surface area (Å²) in [6, 6.07) is 0. The minimum atomic E-state index is -6.00. The molecule has 0 aromatic rings. The lowest BCUT2D eigenvalue weighted by Gasteiger charge is -2.01. The first kappa shape index (κ1) is 25.3. The van der Waals surface area contributed by atoms with Gasteiger partial charge in [-0.15, -0.1) is 0 Å². The fourth-order valence-corrected chi connectivity index (χ4v) is 0.875. The van der Waals surface area contributed by atoms with Crippen LogP contribution in [0.2, 0.25) is 0 Å². The van der Waals surface area contributed by atoms with E-state index in [0.717, 1.165) is 0 Å². The molecule has 0 amide bonds. The van der Waals surface area contributed by atoms with Crippen molar-refractivity contribution in [2.24, 2.45) is 0 Å². The highest BCUT2D eigenvalue weighted by atomic mass is 19.5. The van der Waals surface area contributed by atoms with E-state index >= 15 is 0 Å². The third-order valence-electron chi connectivity index (χ3n) is 1.33. The van der Waals surface area contributed by atoms with Crippen molar-refractivity contribution in [3.05, 3.63) is 0 Å². The van der Waals surface area contributed by atoms with E-state index in [1.54, 1.807) is 0 Å². The molecule has 0 aromatic heterocycles. The predicted octanol–water partition coefficient (Wildman–Crippen LogP) is 4.61. The molecule has 16 heteroatoms. The van der Waals surface area contributed by atoms with Crippen LogP contribution in [0, 0.1) is 0 Å². The first-order chi connectivity index (χ1) is 8.89. The van der Waals surface area contributed by atoms with Gasteiger partial charge in [-0.25, -0.2) is 0 Å². The zero-order valence-corrected chi connectivity index (χ0v) is 10.5. The molecule has 0 spiro atoms. The number of hydrogen-bond acceptors (Lipinski definition) is 1. The molecule has 1 aliphatic heterocycles. The van der Waals surface area contributed by atoms with Crippen molar-refractivity contribution in [1.82, 2.24) is 4.90 Å². The summed E-state index contributed by atoms with van der Waals surface area (Å²) in [4.78, 5) is 2.36. The lowest BCUT2D eigenvalue weighted by atomic mass is 10.3. The van der Waals surface area contributed by atoms with Crippen molar-refractivity contribution in [1.29, 1.82) is 0 Å².